The van der Waals surface area contributed by atoms with Gasteiger partial charge in [-0.2, -0.15) is 0 Å². The maximum Gasteiger partial charge on any atom is 0.241 e. The molecular weight excluding hydrogens is 320 g/mol. The Labute approximate surface area is 137 Å². The van der Waals surface area contributed by atoms with E-state index in [0.29, 0.717) is 24.7 Å². The zero-order valence-corrected chi connectivity index (χ0v) is 14.7. The molecule has 0 radical (unpaired) electrons. The van der Waals surface area contributed by atoms with Crippen molar-refractivity contribution in [2.24, 2.45) is 0 Å². The molecule has 0 unspecified atom stereocenters. The van der Waals surface area contributed by atoms with Gasteiger partial charge in [0.25, 0.3) is 0 Å². The van der Waals surface area contributed by atoms with E-state index in [2.05, 4.69) is 5.32 Å². The number of methoxy groups -OCH3 is 1. The third kappa shape index (κ3) is 6.07. The summed E-state index contributed by atoms with van der Waals surface area (Å²) in [4.78, 5) is 12.1. The van der Waals surface area contributed by atoms with E-state index < -0.39 is 15.9 Å². The second kappa shape index (κ2) is 8.73. The van der Waals surface area contributed by atoms with Gasteiger partial charge in [0, 0.05) is 13.2 Å². The predicted octanol–water partition coefficient (Wildman–Crippen LogP) is 1.00. The van der Waals surface area contributed by atoms with Crippen LogP contribution in [0.5, 0.6) is 5.75 Å². The molecule has 0 bridgehead atoms. The molecule has 1 aromatic carbocycles. The number of amides is 1. The topological polar surface area (TPSA) is 84.9 Å². The summed E-state index contributed by atoms with van der Waals surface area (Å²) in [5.74, 6) is 0.00411. The Kier molecular flexibility index (Phi) is 7.31. The maximum atomic E-state index is 12.1. The van der Waals surface area contributed by atoms with Crippen molar-refractivity contribution < 1.29 is 22.7 Å². The largest absolute Gasteiger partial charge is 0.492 e. The molecule has 1 amide bonds. The smallest absolute Gasteiger partial charge is 0.241 e. The van der Waals surface area contributed by atoms with E-state index in [1.165, 1.54) is 7.11 Å². The van der Waals surface area contributed by atoms with Gasteiger partial charge in [0.2, 0.25) is 15.9 Å². The molecule has 0 fully saturated rings. The molecule has 1 atom stereocenters. The first-order valence-electron chi connectivity index (χ1n) is 7.27. The third-order valence-corrected chi connectivity index (χ3v) is 4.07. The molecule has 0 aliphatic heterocycles. The summed E-state index contributed by atoms with van der Waals surface area (Å²) in [5.41, 5.74) is 0.339. The van der Waals surface area contributed by atoms with Crippen LogP contribution in [0.2, 0.25) is 0 Å². The van der Waals surface area contributed by atoms with E-state index in [0.717, 1.165) is 10.6 Å². The summed E-state index contributed by atoms with van der Waals surface area (Å²) >= 11 is 0. The number of nitrogens with zero attached hydrogens (tertiary/aromatic N) is 1. The molecule has 0 heterocycles. The van der Waals surface area contributed by atoms with Gasteiger partial charge in [-0.15, -0.1) is 0 Å². The van der Waals surface area contributed by atoms with Crippen molar-refractivity contribution in [2.45, 2.75) is 19.9 Å². The maximum absolute atomic E-state index is 12.1. The normalized spacial score (nSPS) is 12.5. The van der Waals surface area contributed by atoms with E-state index in [4.69, 9.17) is 9.47 Å². The number of ether oxygens (including phenoxy) is 2. The first kappa shape index (κ1) is 19.2. The Hall–Kier alpha value is -1.80. The van der Waals surface area contributed by atoms with Crippen LogP contribution in [-0.4, -0.2) is 53.5 Å². The Morgan fingerprint density at radius 3 is 2.57 bits per heavy atom. The van der Waals surface area contributed by atoms with Gasteiger partial charge < -0.3 is 14.8 Å². The van der Waals surface area contributed by atoms with Gasteiger partial charge in [0.15, 0.2) is 0 Å². The third-order valence-electron chi connectivity index (χ3n) is 2.95. The van der Waals surface area contributed by atoms with Crippen LogP contribution in [0.4, 0.5) is 5.69 Å². The highest BCUT2D eigenvalue weighted by molar-refractivity contribution is 7.92. The summed E-state index contributed by atoms with van der Waals surface area (Å²) in [6, 6.07) is 6.51. The van der Waals surface area contributed by atoms with E-state index in [1.807, 2.05) is 0 Å². The van der Waals surface area contributed by atoms with Gasteiger partial charge in [-0.05, 0) is 26.0 Å². The van der Waals surface area contributed by atoms with Crippen LogP contribution in [0.1, 0.15) is 13.8 Å². The summed E-state index contributed by atoms with van der Waals surface area (Å²) in [6.07, 6.45) is 1.06. The summed E-state index contributed by atoms with van der Waals surface area (Å²) in [6.45, 7) is 4.00. The van der Waals surface area contributed by atoms with E-state index in [9.17, 15) is 13.2 Å². The highest BCUT2D eigenvalue weighted by Gasteiger charge is 2.24. The standard InChI is InChI=1S/C15H24N2O5S/c1-5-22-14-9-7-6-8-13(14)17(23(4,19)20)10-15(18)16-12(2)11-21-3/h6-9,12H,5,10-11H2,1-4H3,(H,16,18)/t12-/m1/s1. The van der Waals surface area contributed by atoms with Crippen molar-refractivity contribution in [3.05, 3.63) is 24.3 Å². The highest BCUT2D eigenvalue weighted by Crippen LogP contribution is 2.29. The quantitative estimate of drug-likeness (QED) is 0.722. The number of nitrogens with one attached hydrogen (secondary N) is 1. The molecule has 7 nitrogen and oxygen atoms in total. The van der Waals surface area contributed by atoms with Crippen molar-refractivity contribution >= 4 is 21.6 Å². The van der Waals surface area contributed by atoms with Gasteiger partial charge in [-0.25, -0.2) is 8.42 Å². The van der Waals surface area contributed by atoms with Crippen LogP contribution in [0.3, 0.4) is 0 Å². The van der Waals surface area contributed by atoms with Crippen LogP contribution >= 0.6 is 0 Å². The summed E-state index contributed by atoms with van der Waals surface area (Å²) in [5, 5.41) is 2.69. The molecule has 0 aliphatic rings. The number of anilines is 1. The van der Waals surface area contributed by atoms with Crippen LogP contribution in [0.15, 0.2) is 24.3 Å². The van der Waals surface area contributed by atoms with Crippen molar-refractivity contribution in [1.82, 2.24) is 5.32 Å². The van der Waals surface area contributed by atoms with E-state index in [-0.39, 0.29) is 12.6 Å². The lowest BCUT2D eigenvalue weighted by Crippen LogP contribution is -2.44. The molecule has 0 saturated heterocycles. The molecule has 1 aromatic rings. The van der Waals surface area contributed by atoms with Gasteiger partial charge in [-0.3, -0.25) is 9.10 Å². The average Bonchev–Trinajstić information content (AvgIpc) is 2.45. The van der Waals surface area contributed by atoms with Crippen LogP contribution < -0.4 is 14.4 Å². The van der Waals surface area contributed by atoms with Crippen LogP contribution in [-0.2, 0) is 19.6 Å². The number of carbonyl (C=O) groups is 1. The number of sulfonamides is 1. The molecular formula is C15H24N2O5S. The van der Waals surface area contributed by atoms with Crippen LogP contribution in [0.25, 0.3) is 0 Å². The van der Waals surface area contributed by atoms with E-state index in [1.54, 1.807) is 38.1 Å². The lowest BCUT2D eigenvalue weighted by atomic mass is 10.3. The summed E-state index contributed by atoms with van der Waals surface area (Å²) in [7, 11) is -2.11. The Morgan fingerprint density at radius 2 is 2.00 bits per heavy atom. The number of hydrogen-bond acceptors (Lipinski definition) is 5. The van der Waals surface area contributed by atoms with Crippen LogP contribution in [0, 0.1) is 0 Å². The number of hydrogen-bond donors (Lipinski definition) is 1. The number of para-hydroxylation sites is 2. The van der Waals surface area contributed by atoms with Gasteiger partial charge in [0.05, 0.1) is 25.2 Å². The van der Waals surface area contributed by atoms with Gasteiger partial charge in [0.1, 0.15) is 12.3 Å². The number of carbonyl (C=O) groups excluding carboxylic acids is 1. The predicted molar refractivity (Wildman–Crippen MR) is 89.3 cm³/mol. The molecule has 0 spiro atoms. The minimum Gasteiger partial charge on any atom is -0.492 e. The van der Waals surface area contributed by atoms with Crippen molar-refractivity contribution in [3.63, 3.8) is 0 Å². The lowest BCUT2D eigenvalue weighted by Gasteiger charge is -2.24. The second-order valence-corrected chi connectivity index (χ2v) is 7.00. The van der Waals surface area contributed by atoms with Crippen molar-refractivity contribution in [1.29, 1.82) is 0 Å². The molecule has 8 heteroatoms. The Balaban J connectivity index is 3.01. The number of benzene rings is 1. The second-order valence-electron chi connectivity index (χ2n) is 5.09. The first-order chi connectivity index (χ1) is 10.8. The lowest BCUT2D eigenvalue weighted by molar-refractivity contribution is -0.120. The zero-order chi connectivity index (χ0) is 17.5. The van der Waals surface area contributed by atoms with E-state index >= 15 is 0 Å². The minimum atomic E-state index is -3.64. The Bertz CT molecular complexity index is 618. The average molecular weight is 344 g/mol. The fraction of sp³-hybridized carbons (Fsp3) is 0.533. The molecule has 23 heavy (non-hydrogen) atoms. The zero-order valence-electron chi connectivity index (χ0n) is 13.9. The Morgan fingerprint density at radius 1 is 1.35 bits per heavy atom. The molecule has 0 saturated carbocycles. The SMILES string of the molecule is CCOc1ccccc1N(CC(=O)N[C@H](C)COC)S(C)(=O)=O. The van der Waals surface area contributed by atoms with Crippen molar-refractivity contribution in [2.75, 3.05) is 37.4 Å². The molecule has 1 rings (SSSR count). The highest BCUT2D eigenvalue weighted by atomic mass is 32.2. The monoisotopic (exact) mass is 344 g/mol. The number of rotatable bonds is 9. The van der Waals surface area contributed by atoms with Gasteiger partial charge in [-0.1, -0.05) is 12.1 Å². The first-order valence-corrected chi connectivity index (χ1v) is 9.12. The van der Waals surface area contributed by atoms with Crippen molar-refractivity contribution in [3.8, 4) is 5.75 Å². The molecule has 0 aliphatic carbocycles. The minimum absolute atomic E-state index is 0.212. The molecule has 130 valence electrons. The molecule has 0 aromatic heterocycles. The summed E-state index contributed by atoms with van der Waals surface area (Å²) < 4.78 is 35.6. The fourth-order valence-corrected chi connectivity index (χ4v) is 2.92. The molecule has 1 N–H and O–H groups in total. The van der Waals surface area contributed by atoms with Gasteiger partial charge >= 0.3 is 0 Å². The fourth-order valence-electron chi connectivity index (χ4n) is 2.06.